The Balaban J connectivity index is 0.00000392. The summed E-state index contributed by atoms with van der Waals surface area (Å²) in [5.41, 5.74) is 5.86. The maximum atomic E-state index is 12.5. The van der Waals surface area contributed by atoms with E-state index in [-0.39, 0.29) is 23.2 Å². The van der Waals surface area contributed by atoms with Crippen molar-refractivity contribution >= 4 is 34.0 Å². The predicted octanol–water partition coefficient (Wildman–Crippen LogP) is 2.77. The molecule has 154 valence electrons. The summed E-state index contributed by atoms with van der Waals surface area (Å²) in [7, 11) is -3.73. The standard InChI is InChI=1S/C19H25N3O4S.ClH/c1-4-26-16-9-11-17(12-10-16)27(24,25)22-15-7-5-14(6-8-15)18(23)21-19(2,3)13-20;/h5-12,22H,4,13,20H2,1-3H3,(H,21,23);1H. The topological polar surface area (TPSA) is 111 Å². The van der Waals surface area contributed by atoms with E-state index in [1.165, 1.54) is 24.3 Å². The molecule has 2 aromatic rings. The Bertz CT molecular complexity index is 882. The third-order valence-electron chi connectivity index (χ3n) is 3.81. The molecule has 2 aromatic carbocycles. The quantitative estimate of drug-likeness (QED) is 0.599. The molecular formula is C19H26ClN3O4S. The van der Waals surface area contributed by atoms with Gasteiger partial charge in [0.15, 0.2) is 0 Å². The first kappa shape index (κ1) is 23.7. The van der Waals surface area contributed by atoms with E-state index < -0.39 is 15.6 Å². The first-order valence-electron chi connectivity index (χ1n) is 8.55. The van der Waals surface area contributed by atoms with E-state index in [1.807, 2.05) is 20.8 Å². The number of nitrogens with one attached hydrogen (secondary N) is 2. The SMILES string of the molecule is CCOc1ccc(S(=O)(=O)Nc2ccc(C(=O)NC(C)(C)CN)cc2)cc1.Cl. The van der Waals surface area contributed by atoms with E-state index in [2.05, 4.69) is 10.0 Å². The van der Waals surface area contributed by atoms with Gasteiger partial charge in [0.2, 0.25) is 0 Å². The molecule has 0 saturated heterocycles. The number of benzene rings is 2. The van der Waals surface area contributed by atoms with Crippen LogP contribution in [0.3, 0.4) is 0 Å². The van der Waals surface area contributed by atoms with Gasteiger partial charge >= 0.3 is 0 Å². The molecule has 4 N–H and O–H groups in total. The van der Waals surface area contributed by atoms with E-state index >= 15 is 0 Å². The highest BCUT2D eigenvalue weighted by Gasteiger charge is 2.19. The Hall–Kier alpha value is -2.29. The Morgan fingerprint density at radius 3 is 2.14 bits per heavy atom. The second kappa shape index (κ2) is 9.77. The highest BCUT2D eigenvalue weighted by Crippen LogP contribution is 2.20. The number of carbonyl (C=O) groups is 1. The molecule has 0 aliphatic carbocycles. The van der Waals surface area contributed by atoms with Crippen LogP contribution in [0.1, 0.15) is 31.1 Å². The Morgan fingerprint density at radius 2 is 1.64 bits per heavy atom. The van der Waals surface area contributed by atoms with Crippen LogP contribution in [0.4, 0.5) is 5.69 Å². The van der Waals surface area contributed by atoms with Crippen molar-refractivity contribution < 1.29 is 17.9 Å². The lowest BCUT2D eigenvalue weighted by atomic mass is 10.1. The molecule has 9 heteroatoms. The molecule has 7 nitrogen and oxygen atoms in total. The number of rotatable bonds is 8. The highest BCUT2D eigenvalue weighted by atomic mass is 35.5. The van der Waals surface area contributed by atoms with Gasteiger partial charge < -0.3 is 15.8 Å². The summed E-state index contributed by atoms with van der Waals surface area (Å²) in [4.78, 5) is 12.3. The number of sulfonamides is 1. The maximum Gasteiger partial charge on any atom is 0.261 e. The van der Waals surface area contributed by atoms with Gasteiger partial charge in [0.05, 0.1) is 11.5 Å². The van der Waals surface area contributed by atoms with Crippen LogP contribution in [0.25, 0.3) is 0 Å². The van der Waals surface area contributed by atoms with Crippen LogP contribution < -0.4 is 20.5 Å². The van der Waals surface area contributed by atoms with Crippen molar-refractivity contribution in [3.63, 3.8) is 0 Å². The van der Waals surface area contributed by atoms with E-state index in [0.29, 0.717) is 30.2 Å². The van der Waals surface area contributed by atoms with Gasteiger partial charge in [-0.1, -0.05) is 0 Å². The van der Waals surface area contributed by atoms with Crippen molar-refractivity contribution in [2.24, 2.45) is 5.73 Å². The number of amides is 1. The van der Waals surface area contributed by atoms with Gasteiger partial charge in [-0.15, -0.1) is 12.4 Å². The fourth-order valence-electron chi connectivity index (χ4n) is 2.22. The van der Waals surface area contributed by atoms with Gasteiger partial charge in [0, 0.05) is 23.3 Å². The van der Waals surface area contributed by atoms with Crippen molar-refractivity contribution in [1.29, 1.82) is 0 Å². The van der Waals surface area contributed by atoms with Gasteiger partial charge in [0.25, 0.3) is 15.9 Å². The predicted molar refractivity (Wildman–Crippen MR) is 113 cm³/mol. The lowest BCUT2D eigenvalue weighted by Gasteiger charge is -2.24. The summed E-state index contributed by atoms with van der Waals surface area (Å²) in [6.07, 6.45) is 0. The number of hydrogen-bond acceptors (Lipinski definition) is 5. The minimum Gasteiger partial charge on any atom is -0.494 e. The average molecular weight is 428 g/mol. The van der Waals surface area contributed by atoms with E-state index in [9.17, 15) is 13.2 Å². The molecule has 0 atom stereocenters. The summed E-state index contributed by atoms with van der Waals surface area (Å²) in [6, 6.07) is 12.3. The Morgan fingerprint density at radius 1 is 1.07 bits per heavy atom. The molecule has 0 aliphatic rings. The van der Waals surface area contributed by atoms with Crippen LogP contribution in [-0.4, -0.2) is 33.0 Å². The lowest BCUT2D eigenvalue weighted by molar-refractivity contribution is 0.0915. The zero-order chi connectivity index (χ0) is 20.1. The molecule has 2 rings (SSSR count). The van der Waals surface area contributed by atoms with Gasteiger partial charge in [-0.05, 0) is 69.3 Å². The summed E-state index contributed by atoms with van der Waals surface area (Å²) >= 11 is 0. The molecule has 0 aliphatic heterocycles. The van der Waals surface area contributed by atoms with Crippen LogP contribution in [-0.2, 0) is 10.0 Å². The van der Waals surface area contributed by atoms with Gasteiger partial charge in [0.1, 0.15) is 5.75 Å². The molecule has 0 heterocycles. The van der Waals surface area contributed by atoms with E-state index in [4.69, 9.17) is 10.5 Å². The second-order valence-corrected chi connectivity index (χ2v) is 8.31. The third-order valence-corrected chi connectivity index (χ3v) is 5.20. The number of halogens is 1. The van der Waals surface area contributed by atoms with Crippen molar-refractivity contribution in [3.8, 4) is 5.75 Å². The Labute approximate surface area is 172 Å². The highest BCUT2D eigenvalue weighted by molar-refractivity contribution is 7.92. The monoisotopic (exact) mass is 427 g/mol. The second-order valence-electron chi connectivity index (χ2n) is 6.63. The molecule has 1 amide bonds. The van der Waals surface area contributed by atoms with Gasteiger partial charge in [-0.3, -0.25) is 9.52 Å². The summed E-state index contributed by atoms with van der Waals surface area (Å²) in [6.45, 7) is 6.31. The van der Waals surface area contributed by atoms with Crippen LogP contribution in [0.5, 0.6) is 5.75 Å². The number of anilines is 1. The minimum atomic E-state index is -3.73. The van der Waals surface area contributed by atoms with Crippen molar-refractivity contribution in [1.82, 2.24) is 5.32 Å². The van der Waals surface area contributed by atoms with Crippen LogP contribution in [0, 0.1) is 0 Å². The fourth-order valence-corrected chi connectivity index (χ4v) is 3.27. The molecule has 0 spiro atoms. The fraction of sp³-hybridized carbons (Fsp3) is 0.316. The Kier molecular flexibility index (Phi) is 8.29. The maximum absolute atomic E-state index is 12.5. The summed E-state index contributed by atoms with van der Waals surface area (Å²) in [5.74, 6) is 0.332. The lowest BCUT2D eigenvalue weighted by Crippen LogP contribution is -2.48. The number of carbonyl (C=O) groups excluding carboxylic acids is 1. The molecule has 0 aromatic heterocycles. The smallest absolute Gasteiger partial charge is 0.261 e. The summed E-state index contributed by atoms with van der Waals surface area (Å²) in [5, 5.41) is 2.82. The molecule has 0 unspecified atom stereocenters. The number of hydrogen-bond donors (Lipinski definition) is 3. The molecule has 0 fully saturated rings. The van der Waals surface area contributed by atoms with Crippen LogP contribution >= 0.6 is 12.4 Å². The van der Waals surface area contributed by atoms with Crippen molar-refractivity contribution in [2.75, 3.05) is 17.9 Å². The van der Waals surface area contributed by atoms with E-state index in [1.54, 1.807) is 24.3 Å². The normalized spacial score (nSPS) is 11.3. The molecular weight excluding hydrogens is 402 g/mol. The minimum absolute atomic E-state index is 0. The zero-order valence-corrected chi connectivity index (χ0v) is 17.7. The van der Waals surface area contributed by atoms with Crippen molar-refractivity contribution in [3.05, 3.63) is 54.1 Å². The molecule has 0 saturated carbocycles. The van der Waals surface area contributed by atoms with Crippen LogP contribution in [0.2, 0.25) is 0 Å². The number of nitrogens with two attached hydrogens (primary N) is 1. The molecule has 0 bridgehead atoms. The van der Waals surface area contributed by atoms with Crippen molar-refractivity contribution in [2.45, 2.75) is 31.2 Å². The van der Waals surface area contributed by atoms with Gasteiger partial charge in [-0.25, -0.2) is 8.42 Å². The zero-order valence-electron chi connectivity index (χ0n) is 16.1. The average Bonchev–Trinajstić information content (AvgIpc) is 2.62. The first-order chi connectivity index (χ1) is 12.7. The third kappa shape index (κ3) is 6.40. The van der Waals surface area contributed by atoms with Crippen LogP contribution in [0.15, 0.2) is 53.4 Å². The largest absolute Gasteiger partial charge is 0.494 e. The molecule has 0 radical (unpaired) electrons. The number of ether oxygens (including phenoxy) is 1. The summed E-state index contributed by atoms with van der Waals surface area (Å²) < 4.78 is 32.7. The van der Waals surface area contributed by atoms with Gasteiger partial charge in [-0.2, -0.15) is 0 Å². The molecule has 28 heavy (non-hydrogen) atoms. The van der Waals surface area contributed by atoms with E-state index in [0.717, 1.165) is 0 Å². The first-order valence-corrected chi connectivity index (χ1v) is 10.0.